The monoisotopic (exact) mass is 296 g/mol. The smallest absolute Gasteiger partial charge is 0.242 e. The first-order valence-corrected chi connectivity index (χ1v) is 7.29. The summed E-state index contributed by atoms with van der Waals surface area (Å²) in [5.74, 6) is -0.598. The molecule has 4 heteroatoms. The lowest BCUT2D eigenvalue weighted by Crippen LogP contribution is -2.44. The molecule has 0 saturated heterocycles. The van der Waals surface area contributed by atoms with Gasteiger partial charge in [0.05, 0.1) is 6.42 Å². The van der Waals surface area contributed by atoms with E-state index in [0.717, 1.165) is 16.7 Å². The Morgan fingerprint density at radius 1 is 0.864 bits per heavy atom. The molecule has 2 aromatic rings. The highest BCUT2D eigenvalue weighted by molar-refractivity contribution is 5.84. The molecule has 2 rings (SSSR count). The molecule has 0 spiro atoms. The van der Waals surface area contributed by atoms with E-state index in [1.807, 2.05) is 54.6 Å². The van der Waals surface area contributed by atoms with Gasteiger partial charge in [-0.25, -0.2) is 0 Å². The number of amides is 2. The Kier molecular flexibility index (Phi) is 5.31. The van der Waals surface area contributed by atoms with Gasteiger partial charge in [0.2, 0.25) is 11.8 Å². The number of hydrogen-bond acceptors (Lipinski definition) is 2. The van der Waals surface area contributed by atoms with E-state index < -0.39 is 0 Å². The Bertz CT molecular complexity index is 634. The molecule has 114 valence electrons. The summed E-state index contributed by atoms with van der Waals surface area (Å²) in [6.07, 6.45) is 0.230. The number of nitrogens with one attached hydrogen (secondary N) is 2. The molecule has 0 bridgehead atoms. The van der Waals surface area contributed by atoms with Crippen molar-refractivity contribution in [1.29, 1.82) is 0 Å². The first-order valence-electron chi connectivity index (χ1n) is 7.29. The number of hydrazine groups is 1. The lowest BCUT2D eigenvalue weighted by atomic mass is 10.0. The van der Waals surface area contributed by atoms with Crippen molar-refractivity contribution in [2.75, 3.05) is 0 Å². The maximum absolute atomic E-state index is 11.8. The molecule has 0 aromatic heterocycles. The van der Waals surface area contributed by atoms with Crippen molar-refractivity contribution in [2.24, 2.45) is 5.92 Å². The first kappa shape index (κ1) is 15.8. The van der Waals surface area contributed by atoms with Crippen LogP contribution in [0, 0.1) is 5.92 Å². The highest BCUT2D eigenvalue weighted by Crippen LogP contribution is 2.19. The number of hydrogen-bond donors (Lipinski definition) is 2. The fourth-order valence-electron chi connectivity index (χ4n) is 1.95. The maximum atomic E-state index is 11.8. The minimum Gasteiger partial charge on any atom is -0.273 e. The van der Waals surface area contributed by atoms with Gasteiger partial charge in [-0.1, -0.05) is 68.4 Å². The molecule has 0 fully saturated rings. The molecular weight excluding hydrogens is 276 g/mol. The molecule has 0 saturated carbocycles. The molecule has 0 unspecified atom stereocenters. The Labute approximate surface area is 130 Å². The molecule has 2 N–H and O–H groups in total. The number of benzene rings is 2. The van der Waals surface area contributed by atoms with Crippen molar-refractivity contribution in [3.63, 3.8) is 0 Å². The summed E-state index contributed by atoms with van der Waals surface area (Å²) in [5.41, 5.74) is 7.97. The Morgan fingerprint density at radius 3 is 2.05 bits per heavy atom. The zero-order valence-electron chi connectivity index (χ0n) is 12.8. The van der Waals surface area contributed by atoms with Gasteiger partial charge in [-0.15, -0.1) is 0 Å². The van der Waals surface area contributed by atoms with E-state index in [-0.39, 0.29) is 24.2 Å². The summed E-state index contributed by atoms with van der Waals surface area (Å²) in [7, 11) is 0. The van der Waals surface area contributed by atoms with Crippen LogP contribution < -0.4 is 10.9 Å². The molecule has 2 amide bonds. The summed E-state index contributed by atoms with van der Waals surface area (Å²) in [4.78, 5) is 23.1. The van der Waals surface area contributed by atoms with E-state index in [4.69, 9.17) is 0 Å². The standard InChI is InChI=1S/C18H20N2O2/c1-13(2)18(22)20-19-17(21)12-14-8-10-16(11-9-14)15-6-4-3-5-7-15/h3-11,13H,12H2,1-2H3,(H,19,21)(H,20,22). The van der Waals surface area contributed by atoms with Gasteiger partial charge in [0, 0.05) is 5.92 Å². The lowest BCUT2D eigenvalue weighted by Gasteiger charge is -2.09. The molecule has 2 aromatic carbocycles. The van der Waals surface area contributed by atoms with Crippen LogP contribution in [0.25, 0.3) is 11.1 Å². The maximum Gasteiger partial charge on any atom is 0.242 e. The average molecular weight is 296 g/mol. The quantitative estimate of drug-likeness (QED) is 0.852. The van der Waals surface area contributed by atoms with Crippen molar-refractivity contribution in [2.45, 2.75) is 20.3 Å². The Morgan fingerprint density at radius 2 is 1.45 bits per heavy atom. The van der Waals surface area contributed by atoms with E-state index in [9.17, 15) is 9.59 Å². The van der Waals surface area contributed by atoms with Gasteiger partial charge < -0.3 is 0 Å². The zero-order chi connectivity index (χ0) is 15.9. The normalized spacial score (nSPS) is 10.3. The first-order chi connectivity index (χ1) is 10.6. The van der Waals surface area contributed by atoms with E-state index in [0.29, 0.717) is 0 Å². The van der Waals surface area contributed by atoms with Crippen LogP contribution in [0.15, 0.2) is 54.6 Å². The largest absolute Gasteiger partial charge is 0.273 e. The van der Waals surface area contributed by atoms with Crippen LogP contribution in [0.1, 0.15) is 19.4 Å². The number of carbonyl (C=O) groups is 2. The predicted molar refractivity (Wildman–Crippen MR) is 86.7 cm³/mol. The van der Waals surface area contributed by atoms with Crippen LogP contribution in [-0.4, -0.2) is 11.8 Å². The van der Waals surface area contributed by atoms with E-state index in [1.165, 1.54) is 0 Å². The molecule has 0 heterocycles. The fraction of sp³-hybridized carbons (Fsp3) is 0.222. The zero-order valence-corrected chi connectivity index (χ0v) is 12.8. The molecule has 0 atom stereocenters. The van der Waals surface area contributed by atoms with Crippen molar-refractivity contribution in [3.8, 4) is 11.1 Å². The summed E-state index contributed by atoms with van der Waals surface area (Å²) in [5, 5.41) is 0. The molecule has 4 nitrogen and oxygen atoms in total. The third kappa shape index (κ3) is 4.45. The molecule has 0 aliphatic heterocycles. The fourth-order valence-corrected chi connectivity index (χ4v) is 1.95. The van der Waals surface area contributed by atoms with Crippen LogP contribution in [0.3, 0.4) is 0 Å². The molecule has 22 heavy (non-hydrogen) atoms. The van der Waals surface area contributed by atoms with Crippen LogP contribution in [0.2, 0.25) is 0 Å². The van der Waals surface area contributed by atoms with Gasteiger partial charge in [0.25, 0.3) is 0 Å². The minimum absolute atomic E-state index is 0.162. The van der Waals surface area contributed by atoms with Gasteiger partial charge in [0.15, 0.2) is 0 Å². The molecule has 0 radical (unpaired) electrons. The van der Waals surface area contributed by atoms with Crippen LogP contribution in [0.5, 0.6) is 0 Å². The molecule has 0 aliphatic rings. The second kappa shape index (κ2) is 7.41. The van der Waals surface area contributed by atoms with Crippen molar-refractivity contribution >= 4 is 11.8 Å². The van der Waals surface area contributed by atoms with Gasteiger partial charge >= 0.3 is 0 Å². The highest BCUT2D eigenvalue weighted by atomic mass is 16.2. The molecule has 0 aliphatic carbocycles. The van der Waals surface area contributed by atoms with Crippen molar-refractivity contribution in [1.82, 2.24) is 10.9 Å². The topological polar surface area (TPSA) is 58.2 Å². The third-order valence-corrected chi connectivity index (χ3v) is 3.28. The van der Waals surface area contributed by atoms with Gasteiger partial charge in [0.1, 0.15) is 0 Å². The van der Waals surface area contributed by atoms with Crippen molar-refractivity contribution < 1.29 is 9.59 Å². The Balaban J connectivity index is 1.91. The van der Waals surface area contributed by atoms with Gasteiger partial charge in [-0.2, -0.15) is 0 Å². The third-order valence-electron chi connectivity index (χ3n) is 3.28. The second-order valence-electron chi connectivity index (χ2n) is 5.43. The summed E-state index contributed by atoms with van der Waals surface area (Å²) in [6.45, 7) is 3.54. The van der Waals surface area contributed by atoms with Crippen molar-refractivity contribution in [3.05, 3.63) is 60.2 Å². The average Bonchev–Trinajstić information content (AvgIpc) is 2.54. The highest BCUT2D eigenvalue weighted by Gasteiger charge is 2.08. The number of rotatable bonds is 4. The summed E-state index contributed by atoms with van der Waals surface area (Å²) in [6, 6.07) is 17.9. The predicted octanol–water partition coefficient (Wildman–Crippen LogP) is 2.70. The lowest BCUT2D eigenvalue weighted by molar-refractivity contribution is -0.130. The van der Waals surface area contributed by atoms with Crippen LogP contribution in [-0.2, 0) is 16.0 Å². The summed E-state index contributed by atoms with van der Waals surface area (Å²) < 4.78 is 0. The van der Waals surface area contributed by atoms with Crippen LogP contribution in [0.4, 0.5) is 0 Å². The van der Waals surface area contributed by atoms with Crippen LogP contribution >= 0.6 is 0 Å². The minimum atomic E-state index is -0.235. The van der Waals surface area contributed by atoms with E-state index in [1.54, 1.807) is 13.8 Å². The van der Waals surface area contributed by atoms with Gasteiger partial charge in [-0.05, 0) is 16.7 Å². The van der Waals surface area contributed by atoms with E-state index >= 15 is 0 Å². The SMILES string of the molecule is CC(C)C(=O)NNC(=O)Cc1ccc(-c2ccccc2)cc1. The Hall–Kier alpha value is -2.62. The summed E-state index contributed by atoms with van der Waals surface area (Å²) >= 11 is 0. The molecular formula is C18H20N2O2. The number of carbonyl (C=O) groups excluding carboxylic acids is 2. The second-order valence-corrected chi connectivity index (χ2v) is 5.43. The van der Waals surface area contributed by atoms with Gasteiger partial charge in [-0.3, -0.25) is 20.4 Å². The van der Waals surface area contributed by atoms with E-state index in [2.05, 4.69) is 10.9 Å².